The maximum Gasteiger partial charge on any atom is 0.335 e. The van der Waals surface area contributed by atoms with Gasteiger partial charge in [0.25, 0.3) is 11.8 Å². The van der Waals surface area contributed by atoms with Gasteiger partial charge in [-0.15, -0.1) is 11.3 Å². The molecule has 43 heavy (non-hydrogen) atoms. The van der Waals surface area contributed by atoms with Gasteiger partial charge in [0.15, 0.2) is 10.8 Å². The first kappa shape index (κ1) is 30.1. The Kier molecular flexibility index (Phi) is 9.05. The van der Waals surface area contributed by atoms with Crippen LogP contribution in [-0.2, 0) is 6.54 Å². The molecule has 5 rings (SSSR count). The monoisotopic (exact) mass is 602 g/mol. The molecule has 0 unspecified atom stereocenters. The van der Waals surface area contributed by atoms with Crippen LogP contribution in [0.15, 0.2) is 66.7 Å². The van der Waals surface area contributed by atoms with Crippen LogP contribution < -0.4 is 10.1 Å². The van der Waals surface area contributed by atoms with E-state index in [-0.39, 0.29) is 35.8 Å². The Bertz CT molecular complexity index is 1610. The van der Waals surface area contributed by atoms with Gasteiger partial charge in [-0.1, -0.05) is 37.3 Å². The van der Waals surface area contributed by atoms with Crippen molar-refractivity contribution in [3.05, 3.63) is 88.4 Å². The van der Waals surface area contributed by atoms with E-state index in [9.17, 15) is 24.6 Å². The third kappa shape index (κ3) is 6.69. The van der Waals surface area contributed by atoms with Gasteiger partial charge in [0, 0.05) is 25.6 Å². The first-order chi connectivity index (χ1) is 20.6. The fraction of sp³-hybridized carbons (Fsp3) is 0.312. The Morgan fingerprint density at radius 3 is 2.58 bits per heavy atom. The lowest BCUT2D eigenvalue weighted by atomic mass is 9.98. The number of amides is 2. The molecule has 2 amide bonds. The fourth-order valence-corrected chi connectivity index (χ4v) is 6.00. The van der Waals surface area contributed by atoms with Crippen molar-refractivity contribution in [1.29, 1.82) is 0 Å². The van der Waals surface area contributed by atoms with Crippen LogP contribution in [0, 0.1) is 5.92 Å². The molecule has 0 radical (unpaired) electrons. The molecule has 2 heterocycles. The number of aromatic carboxylic acids is 1. The number of carboxylic acids is 1. The molecule has 3 aromatic carbocycles. The molecule has 4 aromatic rings. The van der Waals surface area contributed by atoms with Crippen molar-refractivity contribution in [3.63, 3.8) is 0 Å². The summed E-state index contributed by atoms with van der Waals surface area (Å²) in [5, 5.41) is 22.4. The van der Waals surface area contributed by atoms with Gasteiger partial charge in [0.05, 0.1) is 39.7 Å². The van der Waals surface area contributed by atoms with E-state index < -0.39 is 17.9 Å². The molecule has 0 bridgehead atoms. The molecule has 10 nitrogen and oxygen atoms in total. The number of thiazole rings is 1. The molecule has 0 aliphatic carbocycles. The second-order valence-corrected chi connectivity index (χ2v) is 12.0. The average molecular weight is 603 g/mol. The zero-order valence-corrected chi connectivity index (χ0v) is 25.0. The number of anilines is 1. The van der Waals surface area contributed by atoms with Crippen molar-refractivity contribution in [3.8, 4) is 5.75 Å². The number of ether oxygens (including phenoxy) is 1. The molecule has 1 aromatic heterocycles. The lowest BCUT2D eigenvalue weighted by Gasteiger charge is -2.38. The van der Waals surface area contributed by atoms with Gasteiger partial charge in [-0.25, -0.2) is 9.78 Å². The van der Waals surface area contributed by atoms with Gasteiger partial charge in [-0.3, -0.25) is 14.5 Å². The van der Waals surface area contributed by atoms with Crippen LogP contribution in [0.25, 0.3) is 10.2 Å². The molecular formula is C32H34N4O6S. The SMILES string of the molecule is C[C@@H]1CN([C@H](C)CO)C(=O)c2cccc(NC(=O)c3nc4ccccc4s3)c2O[C@H]1CN(C)Cc1ccc(C(=O)O)cc1. The summed E-state index contributed by atoms with van der Waals surface area (Å²) in [4.78, 5) is 46.5. The van der Waals surface area contributed by atoms with Crippen molar-refractivity contribution in [2.45, 2.75) is 32.5 Å². The van der Waals surface area contributed by atoms with E-state index in [1.165, 1.54) is 11.3 Å². The number of benzene rings is 3. The van der Waals surface area contributed by atoms with Gasteiger partial charge in [-0.2, -0.15) is 0 Å². The van der Waals surface area contributed by atoms with Crippen LogP contribution >= 0.6 is 11.3 Å². The van der Waals surface area contributed by atoms with E-state index in [0.717, 1.165) is 15.8 Å². The lowest BCUT2D eigenvalue weighted by Crippen LogP contribution is -2.49. The minimum Gasteiger partial charge on any atom is -0.486 e. The number of likely N-dealkylation sites (N-methyl/N-ethyl adjacent to an activating group) is 1. The van der Waals surface area contributed by atoms with E-state index in [4.69, 9.17) is 4.74 Å². The third-order valence-electron chi connectivity index (χ3n) is 7.57. The fourth-order valence-electron chi connectivity index (χ4n) is 5.14. The first-order valence-electron chi connectivity index (χ1n) is 14.0. The number of aliphatic hydroxyl groups is 1. The van der Waals surface area contributed by atoms with Crippen molar-refractivity contribution >= 4 is 45.0 Å². The number of hydrogen-bond donors (Lipinski definition) is 3. The maximum atomic E-state index is 13.8. The number of hydrogen-bond acceptors (Lipinski definition) is 8. The van der Waals surface area contributed by atoms with Crippen molar-refractivity contribution in [1.82, 2.24) is 14.8 Å². The largest absolute Gasteiger partial charge is 0.486 e. The first-order valence-corrected chi connectivity index (χ1v) is 14.9. The van der Waals surface area contributed by atoms with E-state index in [2.05, 4.69) is 15.2 Å². The molecule has 3 N–H and O–H groups in total. The highest BCUT2D eigenvalue weighted by atomic mass is 32.1. The van der Waals surface area contributed by atoms with E-state index in [1.54, 1.807) is 54.3 Å². The molecule has 1 aliphatic rings. The summed E-state index contributed by atoms with van der Waals surface area (Å²) in [6.45, 7) is 5.00. The Hall–Kier alpha value is -4.32. The van der Waals surface area contributed by atoms with Crippen molar-refractivity contribution < 1.29 is 29.3 Å². The van der Waals surface area contributed by atoms with Crippen LogP contribution in [-0.4, -0.2) is 81.7 Å². The summed E-state index contributed by atoms with van der Waals surface area (Å²) in [6.07, 6.45) is -0.385. The van der Waals surface area contributed by atoms with Crippen molar-refractivity contribution in [2.75, 3.05) is 32.1 Å². The molecule has 0 saturated heterocycles. The Morgan fingerprint density at radius 2 is 1.88 bits per heavy atom. The Morgan fingerprint density at radius 1 is 1.14 bits per heavy atom. The maximum absolute atomic E-state index is 13.8. The van der Waals surface area contributed by atoms with Gasteiger partial charge < -0.3 is 25.2 Å². The molecule has 1 aliphatic heterocycles. The number of para-hydroxylation sites is 2. The van der Waals surface area contributed by atoms with Gasteiger partial charge in [0.1, 0.15) is 6.10 Å². The minimum absolute atomic E-state index is 0.129. The van der Waals surface area contributed by atoms with Gasteiger partial charge >= 0.3 is 5.97 Å². The number of nitrogens with one attached hydrogen (secondary N) is 1. The summed E-state index contributed by atoms with van der Waals surface area (Å²) in [5.41, 5.74) is 2.56. The van der Waals surface area contributed by atoms with Gasteiger partial charge in [-0.05, 0) is 55.9 Å². The van der Waals surface area contributed by atoms with Crippen LogP contribution in [0.1, 0.15) is 49.9 Å². The molecule has 3 atom stereocenters. The standard InChI is InChI=1S/C32H34N4O6S/c1-19-15-36(20(2)18-37)31(39)23-7-6-9-25(33-29(38)30-34-24-8-4-5-10-27(24)43-30)28(23)42-26(19)17-35(3)16-21-11-13-22(14-12-21)32(40)41/h4-14,19-20,26,37H,15-18H2,1-3H3,(H,33,38)(H,40,41)/t19-,20-,26+/m1/s1. The second-order valence-electron chi connectivity index (χ2n) is 10.9. The Labute approximate surface area is 253 Å². The predicted molar refractivity (Wildman–Crippen MR) is 165 cm³/mol. The summed E-state index contributed by atoms with van der Waals surface area (Å²) in [6, 6.07) is 18.9. The third-order valence-corrected chi connectivity index (χ3v) is 8.61. The molecule has 0 spiro atoms. The number of carboxylic acid groups (broad SMARTS) is 1. The highest BCUT2D eigenvalue weighted by Crippen LogP contribution is 2.35. The molecule has 11 heteroatoms. The quantitative estimate of drug-likeness (QED) is 0.253. The predicted octanol–water partition coefficient (Wildman–Crippen LogP) is 4.60. The van der Waals surface area contributed by atoms with E-state index in [1.807, 2.05) is 38.2 Å². The normalized spacial score (nSPS) is 17.6. The van der Waals surface area contributed by atoms with Crippen molar-refractivity contribution in [2.24, 2.45) is 5.92 Å². The van der Waals surface area contributed by atoms with Crippen LogP contribution in [0.4, 0.5) is 5.69 Å². The number of aliphatic hydroxyl groups excluding tert-OH is 1. The smallest absolute Gasteiger partial charge is 0.335 e. The Balaban J connectivity index is 1.44. The van der Waals surface area contributed by atoms with Crippen LogP contribution in [0.5, 0.6) is 5.75 Å². The molecular weight excluding hydrogens is 568 g/mol. The summed E-state index contributed by atoms with van der Waals surface area (Å²) in [5.74, 6) is -1.52. The summed E-state index contributed by atoms with van der Waals surface area (Å²) >= 11 is 1.28. The number of carbonyl (C=O) groups excluding carboxylic acids is 2. The van der Waals surface area contributed by atoms with Crippen LogP contribution in [0.3, 0.4) is 0 Å². The van der Waals surface area contributed by atoms with E-state index >= 15 is 0 Å². The highest BCUT2D eigenvalue weighted by Gasteiger charge is 2.34. The number of carbonyl (C=O) groups is 3. The number of rotatable bonds is 9. The lowest BCUT2D eigenvalue weighted by molar-refractivity contribution is 0.0343. The number of aromatic nitrogens is 1. The number of fused-ring (bicyclic) bond motifs is 2. The summed E-state index contributed by atoms with van der Waals surface area (Å²) < 4.78 is 7.50. The summed E-state index contributed by atoms with van der Waals surface area (Å²) in [7, 11) is 1.95. The molecule has 0 fully saturated rings. The zero-order chi connectivity index (χ0) is 30.7. The minimum atomic E-state index is -0.974. The second kappa shape index (κ2) is 12.9. The zero-order valence-electron chi connectivity index (χ0n) is 24.2. The molecule has 224 valence electrons. The average Bonchev–Trinajstić information content (AvgIpc) is 3.44. The van der Waals surface area contributed by atoms with E-state index in [0.29, 0.717) is 35.9 Å². The molecule has 0 saturated carbocycles. The topological polar surface area (TPSA) is 132 Å². The highest BCUT2D eigenvalue weighted by molar-refractivity contribution is 7.20. The number of nitrogens with zero attached hydrogens (tertiary/aromatic N) is 3. The van der Waals surface area contributed by atoms with Crippen LogP contribution in [0.2, 0.25) is 0 Å². The van der Waals surface area contributed by atoms with Gasteiger partial charge in [0.2, 0.25) is 0 Å².